The summed E-state index contributed by atoms with van der Waals surface area (Å²) >= 11 is 3.31. The van der Waals surface area contributed by atoms with Gasteiger partial charge < -0.3 is 0 Å². The van der Waals surface area contributed by atoms with Crippen molar-refractivity contribution in [1.82, 2.24) is 20.2 Å². The first-order valence-electron chi connectivity index (χ1n) is 2.70. The number of rotatable bonds is 3. The molecule has 0 saturated carbocycles. The Hall–Kier alpha value is -0.450. The Kier molecular flexibility index (Phi) is 2.63. The lowest BCUT2D eigenvalue weighted by molar-refractivity contribution is 0.517. The summed E-state index contributed by atoms with van der Waals surface area (Å²) in [6.45, 7) is 0.839. The van der Waals surface area contributed by atoms with Gasteiger partial charge in [-0.05, 0) is 11.6 Å². The van der Waals surface area contributed by atoms with Gasteiger partial charge in [0.15, 0.2) is 6.33 Å². The van der Waals surface area contributed by atoms with E-state index in [1.165, 1.54) is 6.33 Å². The number of aryl methyl sites for hydroxylation is 1. The summed E-state index contributed by atoms with van der Waals surface area (Å²) in [5.41, 5.74) is 0. The fourth-order valence-corrected chi connectivity index (χ4v) is 0.743. The van der Waals surface area contributed by atoms with Crippen molar-refractivity contribution in [3.63, 3.8) is 0 Å². The van der Waals surface area contributed by atoms with Gasteiger partial charge in [-0.1, -0.05) is 15.9 Å². The molecule has 1 heterocycles. The first-order chi connectivity index (χ1) is 4.43. The summed E-state index contributed by atoms with van der Waals surface area (Å²) in [6, 6.07) is 0. The van der Waals surface area contributed by atoms with Crippen LogP contribution in [0, 0.1) is 0 Å². The Morgan fingerprint density at radius 3 is 3.00 bits per heavy atom. The van der Waals surface area contributed by atoms with Gasteiger partial charge in [-0.15, -0.1) is 10.2 Å². The Balaban J connectivity index is 2.30. The molecule has 0 unspecified atom stereocenters. The van der Waals surface area contributed by atoms with Crippen LogP contribution in [0.4, 0.5) is 0 Å². The number of tetrazole rings is 1. The van der Waals surface area contributed by atoms with E-state index < -0.39 is 0 Å². The van der Waals surface area contributed by atoms with Crippen LogP contribution in [-0.4, -0.2) is 25.5 Å². The molecule has 0 aromatic carbocycles. The van der Waals surface area contributed by atoms with Gasteiger partial charge in [0, 0.05) is 5.33 Å². The van der Waals surface area contributed by atoms with Crippen molar-refractivity contribution >= 4 is 15.9 Å². The van der Waals surface area contributed by atoms with Gasteiger partial charge in [0.05, 0.1) is 6.54 Å². The number of halogens is 1. The van der Waals surface area contributed by atoms with Crippen LogP contribution in [0.1, 0.15) is 6.42 Å². The molecule has 0 radical (unpaired) electrons. The van der Waals surface area contributed by atoms with Crippen molar-refractivity contribution in [3.8, 4) is 0 Å². The highest BCUT2D eigenvalue weighted by molar-refractivity contribution is 9.09. The minimum absolute atomic E-state index is 0.839. The molecular formula is C4H7BrN4. The zero-order valence-electron chi connectivity index (χ0n) is 4.87. The van der Waals surface area contributed by atoms with Crippen LogP contribution < -0.4 is 0 Å². The fraction of sp³-hybridized carbons (Fsp3) is 0.750. The zero-order chi connectivity index (χ0) is 6.53. The first kappa shape index (κ1) is 6.67. The maximum atomic E-state index is 3.83. The number of alkyl halides is 1. The molecule has 0 aliphatic heterocycles. The third-order valence-electron chi connectivity index (χ3n) is 0.883. The van der Waals surface area contributed by atoms with Crippen LogP contribution in [0.25, 0.3) is 0 Å². The molecule has 0 saturated heterocycles. The smallest absolute Gasteiger partial charge is 0.162 e. The predicted octanol–water partition coefficient (Wildman–Crippen LogP) is 0.458. The van der Waals surface area contributed by atoms with E-state index in [1.807, 2.05) is 0 Å². The highest BCUT2D eigenvalue weighted by Crippen LogP contribution is 1.88. The molecule has 5 heteroatoms. The SMILES string of the molecule is BrCCCn1ncnn1. The van der Waals surface area contributed by atoms with Gasteiger partial charge in [0.1, 0.15) is 0 Å². The van der Waals surface area contributed by atoms with Crippen molar-refractivity contribution < 1.29 is 0 Å². The minimum atomic E-state index is 0.839. The third kappa shape index (κ3) is 2.09. The van der Waals surface area contributed by atoms with Gasteiger partial charge in [0.2, 0.25) is 0 Å². The molecule has 0 fully saturated rings. The highest BCUT2D eigenvalue weighted by atomic mass is 79.9. The monoisotopic (exact) mass is 190 g/mol. The second-order valence-corrected chi connectivity index (χ2v) is 2.37. The lowest BCUT2D eigenvalue weighted by Gasteiger charge is -1.91. The topological polar surface area (TPSA) is 43.6 Å². The predicted molar refractivity (Wildman–Crippen MR) is 36.2 cm³/mol. The van der Waals surface area contributed by atoms with Crippen LogP contribution in [0.15, 0.2) is 6.33 Å². The van der Waals surface area contributed by atoms with Gasteiger partial charge in [-0.2, -0.15) is 4.80 Å². The summed E-state index contributed by atoms with van der Waals surface area (Å²) in [6.07, 6.45) is 2.48. The number of nitrogens with zero attached hydrogens (tertiary/aromatic N) is 4. The first-order valence-corrected chi connectivity index (χ1v) is 3.82. The van der Waals surface area contributed by atoms with Crippen molar-refractivity contribution in [2.45, 2.75) is 13.0 Å². The van der Waals surface area contributed by atoms with E-state index in [2.05, 4.69) is 31.3 Å². The Labute approximate surface area is 61.4 Å². The molecule has 1 aromatic heterocycles. The van der Waals surface area contributed by atoms with Gasteiger partial charge in [-0.3, -0.25) is 0 Å². The molecule has 1 rings (SSSR count). The van der Waals surface area contributed by atoms with Crippen molar-refractivity contribution in [3.05, 3.63) is 6.33 Å². The molecule has 0 spiro atoms. The fourth-order valence-electron chi connectivity index (χ4n) is 0.492. The second kappa shape index (κ2) is 3.55. The number of hydrogen-bond donors (Lipinski definition) is 0. The van der Waals surface area contributed by atoms with E-state index in [9.17, 15) is 0 Å². The Morgan fingerprint density at radius 1 is 1.56 bits per heavy atom. The average Bonchev–Trinajstić information content (AvgIpc) is 2.34. The molecule has 9 heavy (non-hydrogen) atoms. The number of aromatic nitrogens is 4. The minimum Gasteiger partial charge on any atom is -0.164 e. The van der Waals surface area contributed by atoms with E-state index in [0.717, 1.165) is 18.3 Å². The van der Waals surface area contributed by atoms with Gasteiger partial charge in [0.25, 0.3) is 0 Å². The van der Waals surface area contributed by atoms with Crippen LogP contribution >= 0.6 is 15.9 Å². The maximum Gasteiger partial charge on any atom is 0.162 e. The quantitative estimate of drug-likeness (QED) is 0.651. The van der Waals surface area contributed by atoms with Crippen LogP contribution in [0.5, 0.6) is 0 Å². The van der Waals surface area contributed by atoms with Gasteiger partial charge >= 0.3 is 0 Å². The number of hydrogen-bond acceptors (Lipinski definition) is 3. The Morgan fingerprint density at radius 2 is 2.44 bits per heavy atom. The summed E-state index contributed by atoms with van der Waals surface area (Å²) < 4.78 is 0. The van der Waals surface area contributed by atoms with Crippen molar-refractivity contribution in [2.24, 2.45) is 0 Å². The molecule has 0 aliphatic rings. The zero-order valence-corrected chi connectivity index (χ0v) is 6.45. The van der Waals surface area contributed by atoms with E-state index in [0.29, 0.717) is 0 Å². The maximum absolute atomic E-state index is 3.83. The van der Waals surface area contributed by atoms with E-state index in [4.69, 9.17) is 0 Å². The summed E-state index contributed by atoms with van der Waals surface area (Å²) in [5, 5.41) is 12.1. The summed E-state index contributed by atoms with van der Waals surface area (Å²) in [7, 11) is 0. The molecular weight excluding hydrogens is 184 g/mol. The summed E-state index contributed by atoms with van der Waals surface area (Å²) in [5.74, 6) is 0. The van der Waals surface area contributed by atoms with Crippen LogP contribution in [-0.2, 0) is 6.54 Å². The van der Waals surface area contributed by atoms with Crippen LogP contribution in [0.3, 0.4) is 0 Å². The van der Waals surface area contributed by atoms with E-state index >= 15 is 0 Å². The lowest BCUT2D eigenvalue weighted by Crippen LogP contribution is -2.02. The molecule has 0 amide bonds. The largest absolute Gasteiger partial charge is 0.164 e. The van der Waals surface area contributed by atoms with E-state index in [-0.39, 0.29) is 0 Å². The molecule has 0 N–H and O–H groups in total. The standard InChI is InChI=1S/C4H7BrN4/c5-2-1-3-9-7-4-6-8-9/h4H,1-3H2. The third-order valence-corrected chi connectivity index (χ3v) is 1.44. The second-order valence-electron chi connectivity index (χ2n) is 1.57. The molecule has 1 aromatic rings. The van der Waals surface area contributed by atoms with E-state index in [1.54, 1.807) is 4.80 Å². The average molecular weight is 191 g/mol. The molecule has 50 valence electrons. The normalized spacial score (nSPS) is 9.89. The van der Waals surface area contributed by atoms with Crippen molar-refractivity contribution in [1.29, 1.82) is 0 Å². The lowest BCUT2D eigenvalue weighted by atomic mass is 10.5. The molecule has 0 atom stereocenters. The van der Waals surface area contributed by atoms with Crippen molar-refractivity contribution in [2.75, 3.05) is 5.33 Å². The molecule has 0 bridgehead atoms. The van der Waals surface area contributed by atoms with Gasteiger partial charge in [-0.25, -0.2) is 0 Å². The Bertz CT molecular complexity index is 150. The molecule has 4 nitrogen and oxygen atoms in total. The van der Waals surface area contributed by atoms with Crippen LogP contribution in [0.2, 0.25) is 0 Å². The summed E-state index contributed by atoms with van der Waals surface area (Å²) in [4.78, 5) is 1.57. The highest BCUT2D eigenvalue weighted by Gasteiger charge is 1.88. The molecule has 0 aliphatic carbocycles.